The summed E-state index contributed by atoms with van der Waals surface area (Å²) in [6.07, 6.45) is -3.16. The molecule has 2 fully saturated rings. The van der Waals surface area contributed by atoms with Crippen molar-refractivity contribution in [1.82, 2.24) is 35.2 Å². The number of carbonyl (C=O) groups is 3. The molecular formula is C22H33N8O10PS. The number of hydrogen-bond acceptors (Lipinski definition) is 15. The fourth-order valence-corrected chi connectivity index (χ4v) is 8.12. The first-order valence-corrected chi connectivity index (χ1v) is 16.0. The number of ether oxygens (including phenoxy) is 3. The minimum atomic E-state index is -4.04. The number of aromatic nitrogens is 4. The van der Waals surface area contributed by atoms with Crippen LogP contribution >= 0.6 is 18.1 Å². The van der Waals surface area contributed by atoms with Crippen molar-refractivity contribution in [3.63, 3.8) is 0 Å². The van der Waals surface area contributed by atoms with E-state index < -0.39 is 73.5 Å². The van der Waals surface area contributed by atoms with E-state index in [4.69, 9.17) is 24.5 Å². The molecule has 2 aliphatic heterocycles. The lowest BCUT2D eigenvalue weighted by atomic mass is 9.96. The summed E-state index contributed by atoms with van der Waals surface area (Å²) in [7, 11) is 1.38. The van der Waals surface area contributed by atoms with Crippen molar-refractivity contribution in [1.29, 1.82) is 0 Å². The van der Waals surface area contributed by atoms with Crippen molar-refractivity contribution in [2.75, 3.05) is 25.2 Å². The maximum absolute atomic E-state index is 13.9. The summed E-state index contributed by atoms with van der Waals surface area (Å²) in [6.45, 7) is 1.48. The van der Waals surface area contributed by atoms with E-state index in [1.54, 1.807) is 13.8 Å². The molecule has 7 atom stereocenters. The summed E-state index contributed by atoms with van der Waals surface area (Å²) >= 11 is 0.661. The average molecular weight is 633 g/mol. The van der Waals surface area contributed by atoms with Crippen molar-refractivity contribution in [2.45, 2.75) is 69.9 Å². The molecule has 0 saturated carbocycles. The summed E-state index contributed by atoms with van der Waals surface area (Å²) in [5, 5.41) is 29.3. The molecule has 2 aromatic heterocycles. The van der Waals surface area contributed by atoms with E-state index in [1.165, 1.54) is 31.9 Å². The smallest absolute Gasteiger partial charge is 0.327 e. The van der Waals surface area contributed by atoms with Crippen LogP contribution in [0.3, 0.4) is 0 Å². The molecule has 42 heavy (non-hydrogen) atoms. The van der Waals surface area contributed by atoms with Gasteiger partial charge in [-0.05, 0) is 27.7 Å². The molecule has 20 heteroatoms. The molecule has 3 amide bonds. The number of hydrogen-bond donors (Lipinski definition) is 6. The summed E-state index contributed by atoms with van der Waals surface area (Å²) in [5.41, 5.74) is 4.26. The topological polar surface area (TPSA) is 251 Å². The minimum Gasteiger partial charge on any atom is -0.479 e. The Morgan fingerprint density at radius 2 is 2.07 bits per heavy atom. The van der Waals surface area contributed by atoms with E-state index >= 15 is 0 Å². The zero-order valence-electron chi connectivity index (χ0n) is 23.3. The monoisotopic (exact) mass is 632 g/mol. The zero-order chi connectivity index (χ0) is 31.0. The second-order valence-electron chi connectivity index (χ2n) is 10.1. The van der Waals surface area contributed by atoms with Gasteiger partial charge in [0.2, 0.25) is 11.8 Å². The molecule has 7 N–H and O–H groups in total. The van der Waals surface area contributed by atoms with Crippen LogP contribution in [0.4, 0.5) is 10.7 Å². The van der Waals surface area contributed by atoms with E-state index in [9.17, 15) is 29.2 Å². The molecule has 0 bridgehead atoms. The van der Waals surface area contributed by atoms with Gasteiger partial charge in [0, 0.05) is 5.75 Å². The predicted octanol–water partition coefficient (Wildman–Crippen LogP) is -0.578. The summed E-state index contributed by atoms with van der Waals surface area (Å²) in [6, 6.07) is -2.80. The number of esters is 1. The summed E-state index contributed by atoms with van der Waals surface area (Å²) in [5.74, 6) is -1.53. The standard InChI is InChI=1S/C22H33N8O10PS/c1-9(2)39-18(33)10(3)29-41(36,42-7-11-16(32)27-21(34)25-11)38-6-12-14(31)22(4,35)19(40-12)30-8-24-13-15(30)26-20(23)28-17(13)37-5/h8-12,14,19,31,35H,6-7H2,1-5H3,(H,29,36)(H2,23,26,28)(H2,25,27,32,34)/t10-,11?,12?,14-,19?,22-,41?/m1/s1. The van der Waals surface area contributed by atoms with Gasteiger partial charge in [-0.25, -0.2) is 14.9 Å². The highest BCUT2D eigenvalue weighted by Gasteiger charge is 2.54. The highest BCUT2D eigenvalue weighted by molar-refractivity contribution is 8.56. The molecule has 2 aliphatic rings. The number of nitrogens with two attached hydrogens (primary N) is 1. The number of carbonyl (C=O) groups excluding carboxylic acids is 3. The van der Waals surface area contributed by atoms with Crippen LogP contribution < -0.4 is 26.2 Å². The van der Waals surface area contributed by atoms with Crippen LogP contribution in [0, 0.1) is 0 Å². The van der Waals surface area contributed by atoms with Gasteiger partial charge in [0.05, 0.1) is 26.1 Å². The molecule has 2 aromatic rings. The molecule has 4 unspecified atom stereocenters. The zero-order valence-corrected chi connectivity index (χ0v) is 25.0. The van der Waals surface area contributed by atoms with E-state index in [2.05, 4.69) is 30.7 Å². The lowest BCUT2D eigenvalue weighted by molar-refractivity contribution is -0.149. The third-order valence-electron chi connectivity index (χ3n) is 6.34. The molecular weight excluding hydrogens is 599 g/mol. The van der Waals surface area contributed by atoms with Crippen LogP contribution in [0.15, 0.2) is 6.33 Å². The molecule has 4 rings (SSSR count). The van der Waals surface area contributed by atoms with Gasteiger partial charge in [0.15, 0.2) is 17.4 Å². The van der Waals surface area contributed by atoms with Gasteiger partial charge < -0.3 is 40.0 Å². The van der Waals surface area contributed by atoms with Crippen LogP contribution in [0.25, 0.3) is 11.2 Å². The Labute approximate surface area is 243 Å². The molecule has 0 spiro atoms. The second-order valence-corrected chi connectivity index (χ2v) is 14.4. The Morgan fingerprint density at radius 1 is 1.36 bits per heavy atom. The number of imide groups is 1. The minimum absolute atomic E-state index is 0.0932. The van der Waals surface area contributed by atoms with Crippen LogP contribution in [0.1, 0.15) is 33.9 Å². The molecule has 4 heterocycles. The third-order valence-corrected chi connectivity index (χ3v) is 10.5. The van der Waals surface area contributed by atoms with Gasteiger partial charge in [0.1, 0.15) is 29.9 Å². The van der Waals surface area contributed by atoms with Gasteiger partial charge in [-0.3, -0.25) is 24.0 Å². The highest BCUT2D eigenvalue weighted by atomic mass is 32.7. The first-order valence-electron chi connectivity index (χ1n) is 12.7. The number of aliphatic hydroxyl groups excluding tert-OH is 1. The molecule has 18 nitrogen and oxygen atoms in total. The average Bonchev–Trinajstić information content (AvgIpc) is 3.53. The summed E-state index contributed by atoms with van der Waals surface area (Å²) < 4.78 is 37.2. The van der Waals surface area contributed by atoms with Gasteiger partial charge in [-0.2, -0.15) is 9.97 Å². The van der Waals surface area contributed by atoms with Crippen molar-refractivity contribution in [2.24, 2.45) is 0 Å². The van der Waals surface area contributed by atoms with Gasteiger partial charge in [0.25, 0.3) is 5.91 Å². The number of urea groups is 1. The van der Waals surface area contributed by atoms with Crippen LogP contribution in [0.2, 0.25) is 0 Å². The van der Waals surface area contributed by atoms with Crippen molar-refractivity contribution >= 4 is 53.1 Å². The highest BCUT2D eigenvalue weighted by Crippen LogP contribution is 2.57. The molecule has 0 aliphatic carbocycles. The van der Waals surface area contributed by atoms with E-state index in [0.29, 0.717) is 11.4 Å². The molecule has 0 aromatic carbocycles. The maximum Gasteiger partial charge on any atom is 0.327 e. The Kier molecular flexibility index (Phi) is 9.31. The van der Waals surface area contributed by atoms with E-state index in [0.717, 1.165) is 0 Å². The first-order chi connectivity index (χ1) is 19.6. The fourth-order valence-electron chi connectivity index (χ4n) is 4.25. The van der Waals surface area contributed by atoms with Crippen molar-refractivity contribution in [3.8, 4) is 5.88 Å². The normalized spacial score (nSPS) is 28.0. The molecule has 0 radical (unpaired) electrons. The van der Waals surface area contributed by atoms with Crippen molar-refractivity contribution in [3.05, 3.63) is 6.33 Å². The Bertz CT molecular complexity index is 1410. The number of anilines is 1. The van der Waals surface area contributed by atoms with Gasteiger partial charge in [-0.15, -0.1) is 0 Å². The molecule has 232 valence electrons. The number of methoxy groups -OCH3 is 1. The number of fused-ring (bicyclic) bond motifs is 1. The maximum atomic E-state index is 13.9. The van der Waals surface area contributed by atoms with E-state index in [-0.39, 0.29) is 28.7 Å². The number of aliphatic hydroxyl groups is 2. The Morgan fingerprint density at radius 3 is 2.69 bits per heavy atom. The quantitative estimate of drug-likeness (QED) is 0.0972. The number of amides is 3. The van der Waals surface area contributed by atoms with Crippen LogP contribution in [-0.4, -0.2) is 103 Å². The van der Waals surface area contributed by atoms with Crippen molar-refractivity contribution < 1.29 is 47.9 Å². The first kappa shape index (κ1) is 31.9. The van der Waals surface area contributed by atoms with Gasteiger partial charge >= 0.3 is 18.7 Å². The van der Waals surface area contributed by atoms with Crippen LogP contribution in [0.5, 0.6) is 5.88 Å². The summed E-state index contributed by atoms with van der Waals surface area (Å²) in [4.78, 5) is 48.2. The van der Waals surface area contributed by atoms with E-state index in [1.807, 2.05) is 0 Å². The Balaban J connectivity index is 1.53. The number of rotatable bonds is 12. The second kappa shape index (κ2) is 12.3. The number of nitrogens with one attached hydrogen (secondary N) is 3. The SMILES string of the molecule is COc1nc(N)nc2c1ncn2C1OC(COP(=O)(N[C@H](C)C(=O)OC(C)C)SCC2NC(=O)NC2=O)[C@@H](O)[C@@]1(C)O. The number of nitrogens with zero attached hydrogens (tertiary/aromatic N) is 4. The molecule has 2 saturated heterocycles. The fraction of sp³-hybridized carbons (Fsp3) is 0.636. The lowest BCUT2D eigenvalue weighted by Gasteiger charge is -2.27. The predicted molar refractivity (Wildman–Crippen MR) is 147 cm³/mol. The van der Waals surface area contributed by atoms with Gasteiger partial charge in [-0.1, -0.05) is 11.4 Å². The number of imidazole rings is 1. The number of nitrogen functional groups attached to an aromatic ring is 1. The lowest BCUT2D eigenvalue weighted by Crippen LogP contribution is -2.44. The Hall–Kier alpha value is -3.06. The largest absolute Gasteiger partial charge is 0.479 e. The third kappa shape index (κ3) is 6.61. The van der Waals surface area contributed by atoms with Crippen LogP contribution in [-0.2, 0) is 28.2 Å².